The molecule has 2 aliphatic rings. The van der Waals surface area contributed by atoms with Crippen LogP contribution in [-0.2, 0) is 0 Å². The summed E-state index contributed by atoms with van der Waals surface area (Å²) in [6.07, 6.45) is 1.96. The predicted octanol–water partition coefficient (Wildman–Crippen LogP) is 3.30. The molecular weight excluding hydrogens is 337 g/mol. The van der Waals surface area contributed by atoms with Crippen molar-refractivity contribution < 1.29 is 19.1 Å². The van der Waals surface area contributed by atoms with E-state index in [9.17, 15) is 14.0 Å². The number of hydrogen-bond donors (Lipinski definition) is 2. The van der Waals surface area contributed by atoms with Crippen molar-refractivity contribution in [2.75, 3.05) is 18.0 Å². The van der Waals surface area contributed by atoms with Gasteiger partial charge in [0.1, 0.15) is 5.82 Å². The molecule has 1 aromatic rings. The van der Waals surface area contributed by atoms with Gasteiger partial charge in [-0.05, 0) is 43.9 Å². The number of carbonyl (C=O) groups is 2. The van der Waals surface area contributed by atoms with Gasteiger partial charge in [-0.1, -0.05) is 11.6 Å². The van der Waals surface area contributed by atoms with Gasteiger partial charge in [0, 0.05) is 30.9 Å². The van der Waals surface area contributed by atoms with E-state index in [0.29, 0.717) is 18.8 Å². The lowest BCUT2D eigenvalue weighted by molar-refractivity contribution is 0.162. The van der Waals surface area contributed by atoms with Gasteiger partial charge in [0.05, 0.1) is 5.02 Å². The number of anilines is 1. The van der Waals surface area contributed by atoms with Crippen LogP contribution < -0.4 is 10.2 Å². The number of carboxylic acid groups (broad SMARTS) is 1. The van der Waals surface area contributed by atoms with Gasteiger partial charge in [0.2, 0.25) is 0 Å². The summed E-state index contributed by atoms with van der Waals surface area (Å²) in [5, 5.41) is 11.3. The molecule has 0 bridgehead atoms. The molecule has 3 amide bonds. The van der Waals surface area contributed by atoms with Gasteiger partial charge in [-0.2, -0.15) is 0 Å². The van der Waals surface area contributed by atoms with Crippen molar-refractivity contribution in [3.63, 3.8) is 0 Å². The SMILES string of the molecule is O=C(O)NC1CCC(N2CCN(c3ccc(Cl)c(F)c3)C2=O)CC1. The Kier molecular flexibility index (Phi) is 4.80. The van der Waals surface area contributed by atoms with Gasteiger partial charge in [0.15, 0.2) is 0 Å². The first-order valence-corrected chi connectivity index (χ1v) is 8.36. The van der Waals surface area contributed by atoms with Crippen LogP contribution in [0, 0.1) is 5.82 Å². The number of hydrogen-bond acceptors (Lipinski definition) is 2. The molecule has 0 aromatic heterocycles. The minimum atomic E-state index is -1.01. The molecule has 0 unspecified atom stereocenters. The lowest BCUT2D eigenvalue weighted by Crippen LogP contribution is -2.45. The van der Waals surface area contributed by atoms with E-state index in [1.54, 1.807) is 11.0 Å². The molecule has 2 N–H and O–H groups in total. The third-order valence-corrected chi connectivity index (χ3v) is 5.03. The topological polar surface area (TPSA) is 72.9 Å². The lowest BCUT2D eigenvalue weighted by atomic mass is 9.90. The van der Waals surface area contributed by atoms with Crippen molar-refractivity contribution in [3.8, 4) is 0 Å². The number of urea groups is 1. The van der Waals surface area contributed by atoms with E-state index >= 15 is 0 Å². The molecule has 0 atom stereocenters. The van der Waals surface area contributed by atoms with Crippen LogP contribution in [0.4, 0.5) is 19.7 Å². The summed E-state index contributed by atoms with van der Waals surface area (Å²) in [6.45, 7) is 1.10. The summed E-state index contributed by atoms with van der Waals surface area (Å²) in [4.78, 5) is 26.7. The number of carbonyl (C=O) groups excluding carboxylic acids is 1. The van der Waals surface area contributed by atoms with Crippen LogP contribution in [0.25, 0.3) is 0 Å². The molecular formula is C16H19ClFN3O3. The van der Waals surface area contributed by atoms with Crippen LogP contribution in [0.3, 0.4) is 0 Å². The summed E-state index contributed by atoms with van der Waals surface area (Å²) < 4.78 is 13.6. The molecule has 1 aliphatic heterocycles. The number of nitrogens with zero attached hydrogens (tertiary/aromatic N) is 2. The summed E-state index contributed by atoms with van der Waals surface area (Å²) >= 11 is 5.69. The number of nitrogens with one attached hydrogen (secondary N) is 1. The van der Waals surface area contributed by atoms with Crippen molar-refractivity contribution in [2.45, 2.75) is 37.8 Å². The number of rotatable bonds is 3. The largest absolute Gasteiger partial charge is 0.465 e. The first kappa shape index (κ1) is 16.8. The smallest absolute Gasteiger partial charge is 0.404 e. The predicted molar refractivity (Wildman–Crippen MR) is 88.1 cm³/mol. The Balaban J connectivity index is 1.62. The number of benzene rings is 1. The van der Waals surface area contributed by atoms with E-state index < -0.39 is 11.9 Å². The zero-order chi connectivity index (χ0) is 17.3. The molecule has 1 aliphatic carbocycles. The van der Waals surface area contributed by atoms with Crippen LogP contribution in [0.15, 0.2) is 18.2 Å². The van der Waals surface area contributed by atoms with Gasteiger partial charge in [-0.25, -0.2) is 14.0 Å². The molecule has 1 saturated carbocycles. The summed E-state index contributed by atoms with van der Waals surface area (Å²) in [7, 11) is 0. The van der Waals surface area contributed by atoms with Gasteiger partial charge in [-0.3, -0.25) is 4.90 Å². The maximum absolute atomic E-state index is 13.6. The Hall–Kier alpha value is -2.02. The van der Waals surface area contributed by atoms with E-state index in [1.807, 2.05) is 4.90 Å². The Morgan fingerprint density at radius 1 is 1.25 bits per heavy atom. The average molecular weight is 356 g/mol. The second-order valence-corrected chi connectivity index (χ2v) is 6.59. The van der Waals surface area contributed by atoms with Crippen LogP contribution in [0.1, 0.15) is 25.7 Å². The second-order valence-electron chi connectivity index (χ2n) is 6.18. The van der Waals surface area contributed by atoms with Crippen molar-refractivity contribution in [1.82, 2.24) is 10.2 Å². The zero-order valence-corrected chi connectivity index (χ0v) is 13.8. The van der Waals surface area contributed by atoms with E-state index in [0.717, 1.165) is 25.7 Å². The molecule has 1 aromatic carbocycles. The highest BCUT2D eigenvalue weighted by Gasteiger charge is 2.36. The maximum Gasteiger partial charge on any atom is 0.404 e. The highest BCUT2D eigenvalue weighted by molar-refractivity contribution is 6.30. The van der Waals surface area contributed by atoms with Crippen molar-refractivity contribution in [2.24, 2.45) is 0 Å². The van der Waals surface area contributed by atoms with E-state index in [2.05, 4.69) is 5.32 Å². The molecule has 2 fully saturated rings. The molecule has 8 heteroatoms. The molecule has 1 saturated heterocycles. The van der Waals surface area contributed by atoms with Crippen LogP contribution in [0.5, 0.6) is 0 Å². The van der Waals surface area contributed by atoms with E-state index in [4.69, 9.17) is 16.7 Å². The Labute approximate surface area is 144 Å². The molecule has 130 valence electrons. The fourth-order valence-electron chi connectivity index (χ4n) is 3.49. The summed E-state index contributed by atoms with van der Waals surface area (Å²) in [6, 6.07) is 4.29. The third-order valence-electron chi connectivity index (χ3n) is 4.72. The molecule has 3 rings (SSSR count). The fraction of sp³-hybridized carbons (Fsp3) is 0.500. The molecule has 6 nitrogen and oxygen atoms in total. The first-order valence-electron chi connectivity index (χ1n) is 7.98. The second kappa shape index (κ2) is 6.84. The molecule has 0 spiro atoms. The lowest BCUT2D eigenvalue weighted by Gasteiger charge is -2.34. The first-order chi connectivity index (χ1) is 11.5. The monoisotopic (exact) mass is 355 g/mol. The van der Waals surface area contributed by atoms with Gasteiger partial charge >= 0.3 is 12.1 Å². The Morgan fingerprint density at radius 3 is 2.58 bits per heavy atom. The summed E-state index contributed by atoms with van der Waals surface area (Å²) in [5.74, 6) is -0.541. The number of halogens is 2. The van der Waals surface area contributed by atoms with E-state index in [1.165, 1.54) is 12.1 Å². The van der Waals surface area contributed by atoms with Crippen LogP contribution in [0.2, 0.25) is 5.02 Å². The standard InChI is InChI=1S/C16H19ClFN3O3/c17-13-6-5-12(9-14(13)18)21-8-7-20(16(21)24)11-3-1-10(2-4-11)19-15(22)23/h5-6,9-11,19H,1-4,7-8H2,(H,22,23). The highest BCUT2D eigenvalue weighted by Crippen LogP contribution is 2.30. The Bertz CT molecular complexity index is 649. The van der Waals surface area contributed by atoms with Gasteiger partial charge < -0.3 is 15.3 Å². The zero-order valence-electron chi connectivity index (χ0n) is 13.0. The quantitative estimate of drug-likeness (QED) is 0.873. The highest BCUT2D eigenvalue weighted by atomic mass is 35.5. The summed E-state index contributed by atoms with van der Waals surface area (Å²) in [5.41, 5.74) is 0.505. The number of amides is 3. The third kappa shape index (κ3) is 3.40. The Morgan fingerprint density at radius 2 is 1.96 bits per heavy atom. The minimum absolute atomic E-state index is 0.0338. The van der Waals surface area contributed by atoms with Gasteiger partial charge in [0.25, 0.3) is 0 Å². The van der Waals surface area contributed by atoms with Crippen molar-refractivity contribution >= 4 is 29.4 Å². The minimum Gasteiger partial charge on any atom is -0.465 e. The van der Waals surface area contributed by atoms with Crippen molar-refractivity contribution in [3.05, 3.63) is 29.0 Å². The van der Waals surface area contributed by atoms with Crippen LogP contribution in [-0.4, -0.2) is 47.3 Å². The molecule has 0 radical (unpaired) electrons. The van der Waals surface area contributed by atoms with Crippen molar-refractivity contribution in [1.29, 1.82) is 0 Å². The maximum atomic E-state index is 13.6. The average Bonchev–Trinajstić information content (AvgIpc) is 2.92. The van der Waals surface area contributed by atoms with Crippen LogP contribution >= 0.6 is 11.6 Å². The normalized spacial score (nSPS) is 24.3. The molecule has 1 heterocycles. The van der Waals surface area contributed by atoms with Gasteiger partial charge in [-0.15, -0.1) is 0 Å². The molecule has 24 heavy (non-hydrogen) atoms. The van der Waals surface area contributed by atoms with E-state index in [-0.39, 0.29) is 23.1 Å². The fourth-order valence-corrected chi connectivity index (χ4v) is 3.61.